The summed E-state index contributed by atoms with van der Waals surface area (Å²) in [6.07, 6.45) is 3.02. The average molecular weight is 303 g/mol. The summed E-state index contributed by atoms with van der Waals surface area (Å²) in [6.45, 7) is 0.986. The van der Waals surface area contributed by atoms with Gasteiger partial charge < -0.3 is 9.64 Å². The van der Waals surface area contributed by atoms with Crippen molar-refractivity contribution in [3.05, 3.63) is 71.4 Å². The molecule has 3 aliphatic rings. The van der Waals surface area contributed by atoms with Crippen LogP contribution in [0.5, 0.6) is 5.75 Å². The lowest BCUT2D eigenvalue weighted by Gasteiger charge is -2.30. The summed E-state index contributed by atoms with van der Waals surface area (Å²) in [5.74, 6) is 1.60. The van der Waals surface area contributed by atoms with Crippen molar-refractivity contribution in [3.63, 3.8) is 0 Å². The molecule has 114 valence electrons. The van der Waals surface area contributed by atoms with E-state index >= 15 is 0 Å². The van der Waals surface area contributed by atoms with E-state index in [1.54, 1.807) is 7.11 Å². The van der Waals surface area contributed by atoms with E-state index < -0.39 is 0 Å². The maximum absolute atomic E-state index is 12.5. The summed E-state index contributed by atoms with van der Waals surface area (Å²) in [6, 6.07) is 16.2. The molecule has 1 heterocycles. The minimum Gasteiger partial charge on any atom is -0.497 e. The summed E-state index contributed by atoms with van der Waals surface area (Å²) >= 11 is 0. The van der Waals surface area contributed by atoms with Crippen LogP contribution in [0.15, 0.2) is 60.3 Å². The van der Waals surface area contributed by atoms with Gasteiger partial charge in [-0.15, -0.1) is 0 Å². The number of rotatable bonds is 2. The summed E-state index contributed by atoms with van der Waals surface area (Å²) < 4.78 is 5.24. The Labute approximate surface area is 135 Å². The van der Waals surface area contributed by atoms with Crippen LogP contribution < -0.4 is 9.64 Å². The van der Waals surface area contributed by atoms with E-state index in [2.05, 4.69) is 29.2 Å². The zero-order valence-corrected chi connectivity index (χ0v) is 13.0. The normalized spacial score (nSPS) is 27.0. The van der Waals surface area contributed by atoms with E-state index in [1.807, 2.05) is 30.3 Å². The van der Waals surface area contributed by atoms with Crippen molar-refractivity contribution in [2.45, 2.75) is 11.8 Å². The predicted octanol–water partition coefficient (Wildman–Crippen LogP) is 3.55. The van der Waals surface area contributed by atoms with Gasteiger partial charge in [0.2, 0.25) is 0 Å². The summed E-state index contributed by atoms with van der Waals surface area (Å²) in [4.78, 5) is 14.9. The second kappa shape index (κ2) is 4.25. The molecule has 5 rings (SSSR count). The number of methoxy groups -OCH3 is 1. The molecule has 23 heavy (non-hydrogen) atoms. The number of allylic oxidation sites excluding steroid dienone is 2. The highest BCUT2D eigenvalue weighted by Crippen LogP contribution is 2.67. The van der Waals surface area contributed by atoms with Gasteiger partial charge in [0.15, 0.2) is 5.78 Å². The van der Waals surface area contributed by atoms with Crippen molar-refractivity contribution < 1.29 is 9.53 Å². The number of hydrogen-bond donors (Lipinski definition) is 0. The summed E-state index contributed by atoms with van der Waals surface area (Å²) in [7, 11) is 1.67. The fourth-order valence-corrected chi connectivity index (χ4v) is 4.39. The maximum Gasteiger partial charge on any atom is 0.187 e. The van der Waals surface area contributed by atoms with Gasteiger partial charge in [0, 0.05) is 35.0 Å². The van der Waals surface area contributed by atoms with Gasteiger partial charge in [0.05, 0.1) is 7.11 Å². The first-order valence-corrected chi connectivity index (χ1v) is 8.01. The first-order chi connectivity index (χ1) is 11.2. The predicted molar refractivity (Wildman–Crippen MR) is 89.0 cm³/mol. The third-order valence-electron chi connectivity index (χ3n) is 5.58. The molecule has 1 saturated carbocycles. The van der Waals surface area contributed by atoms with E-state index in [0.717, 1.165) is 30.0 Å². The molecule has 1 spiro atoms. The van der Waals surface area contributed by atoms with Crippen LogP contribution in [0, 0.1) is 5.92 Å². The fraction of sp³-hybridized carbons (Fsp3) is 0.250. The lowest BCUT2D eigenvalue weighted by molar-refractivity contribution is 0.104. The largest absolute Gasteiger partial charge is 0.497 e. The van der Waals surface area contributed by atoms with Crippen molar-refractivity contribution in [2.24, 2.45) is 5.92 Å². The van der Waals surface area contributed by atoms with E-state index in [-0.39, 0.29) is 11.2 Å². The Morgan fingerprint density at radius 1 is 1.13 bits per heavy atom. The van der Waals surface area contributed by atoms with Crippen LogP contribution in [-0.2, 0) is 5.41 Å². The van der Waals surface area contributed by atoms with Crippen molar-refractivity contribution >= 4 is 11.5 Å². The van der Waals surface area contributed by atoms with Crippen molar-refractivity contribution in [1.29, 1.82) is 0 Å². The van der Waals surface area contributed by atoms with Crippen LogP contribution in [-0.4, -0.2) is 19.4 Å². The van der Waals surface area contributed by atoms with Gasteiger partial charge in [-0.2, -0.15) is 0 Å². The molecule has 0 bridgehead atoms. The van der Waals surface area contributed by atoms with Gasteiger partial charge in [-0.1, -0.05) is 24.3 Å². The van der Waals surface area contributed by atoms with E-state index in [4.69, 9.17) is 4.74 Å². The number of ether oxygens (including phenoxy) is 1. The van der Waals surface area contributed by atoms with Crippen LogP contribution in [0.25, 0.3) is 0 Å². The van der Waals surface area contributed by atoms with Crippen LogP contribution >= 0.6 is 0 Å². The number of hydrogen-bond acceptors (Lipinski definition) is 3. The molecule has 2 aromatic carbocycles. The number of carbonyl (C=O) groups is 1. The standard InChI is InChI=1S/C20H17NO2/c1-23-15-8-6-14(7-9-15)21-12-13-11-20(13)17-5-3-2-4-16(17)18(22)10-19(20)21/h2-10,13H,11-12H2,1H3/t13-,20-/m1/s1. The van der Waals surface area contributed by atoms with Crippen LogP contribution in [0.2, 0.25) is 0 Å². The Kier molecular flexibility index (Phi) is 2.39. The molecule has 1 aliphatic heterocycles. The lowest BCUT2D eigenvalue weighted by Crippen LogP contribution is -2.28. The molecule has 2 aromatic rings. The molecule has 2 atom stereocenters. The van der Waals surface area contributed by atoms with Crippen molar-refractivity contribution in [2.75, 3.05) is 18.6 Å². The number of fused-ring (bicyclic) bond motifs is 1. The van der Waals surface area contributed by atoms with Gasteiger partial charge in [0.25, 0.3) is 0 Å². The van der Waals surface area contributed by atoms with Gasteiger partial charge >= 0.3 is 0 Å². The first-order valence-electron chi connectivity index (χ1n) is 8.01. The van der Waals surface area contributed by atoms with E-state index in [0.29, 0.717) is 5.92 Å². The molecule has 3 heteroatoms. The van der Waals surface area contributed by atoms with Crippen LogP contribution in [0.4, 0.5) is 5.69 Å². The van der Waals surface area contributed by atoms with Crippen molar-refractivity contribution in [1.82, 2.24) is 0 Å². The van der Waals surface area contributed by atoms with Gasteiger partial charge in [0.1, 0.15) is 5.75 Å². The summed E-state index contributed by atoms with van der Waals surface area (Å²) in [5, 5.41) is 0. The molecule has 2 aliphatic carbocycles. The number of ketones is 1. The highest BCUT2D eigenvalue weighted by molar-refractivity contribution is 6.09. The Bertz CT molecular complexity index is 852. The number of benzene rings is 2. The zero-order valence-electron chi connectivity index (χ0n) is 13.0. The topological polar surface area (TPSA) is 29.5 Å². The fourth-order valence-electron chi connectivity index (χ4n) is 4.39. The van der Waals surface area contributed by atoms with Gasteiger partial charge in [-0.25, -0.2) is 0 Å². The molecular formula is C20H17NO2. The third-order valence-corrected chi connectivity index (χ3v) is 5.58. The SMILES string of the molecule is COc1ccc(N2C[C@H]3C[C@@]34C2=CC(=O)c2ccccc24)cc1. The highest BCUT2D eigenvalue weighted by atomic mass is 16.5. The molecule has 1 saturated heterocycles. The minimum atomic E-state index is 0.0738. The summed E-state index contributed by atoms with van der Waals surface area (Å²) in [5.41, 5.74) is 4.50. The minimum absolute atomic E-state index is 0.0738. The van der Waals surface area contributed by atoms with E-state index in [9.17, 15) is 4.79 Å². The maximum atomic E-state index is 12.5. The highest BCUT2D eigenvalue weighted by Gasteiger charge is 2.66. The first kappa shape index (κ1) is 12.9. The Morgan fingerprint density at radius 3 is 2.70 bits per heavy atom. The van der Waals surface area contributed by atoms with Gasteiger partial charge in [-0.05, 0) is 42.2 Å². The zero-order chi connectivity index (χ0) is 15.6. The molecule has 0 radical (unpaired) electrons. The molecule has 2 fully saturated rings. The van der Waals surface area contributed by atoms with Crippen molar-refractivity contribution in [3.8, 4) is 5.75 Å². The Balaban J connectivity index is 1.61. The molecule has 0 aromatic heterocycles. The van der Waals surface area contributed by atoms with Crippen LogP contribution in [0.3, 0.4) is 0 Å². The monoisotopic (exact) mass is 303 g/mol. The third kappa shape index (κ3) is 1.57. The molecule has 3 nitrogen and oxygen atoms in total. The molecule has 0 unspecified atom stereocenters. The van der Waals surface area contributed by atoms with Crippen LogP contribution in [0.1, 0.15) is 22.3 Å². The Hall–Kier alpha value is -2.55. The Morgan fingerprint density at radius 2 is 1.91 bits per heavy atom. The average Bonchev–Trinajstić information content (AvgIpc) is 3.23. The number of nitrogens with zero attached hydrogens (tertiary/aromatic N) is 1. The van der Waals surface area contributed by atoms with Gasteiger partial charge in [-0.3, -0.25) is 4.79 Å². The molecule has 0 amide bonds. The number of carbonyl (C=O) groups excluding carboxylic acids is 1. The quantitative estimate of drug-likeness (QED) is 0.849. The second-order valence-electron chi connectivity index (χ2n) is 6.62. The lowest BCUT2D eigenvalue weighted by atomic mass is 9.81. The molecular weight excluding hydrogens is 286 g/mol. The molecule has 0 N–H and O–H groups in total. The smallest absolute Gasteiger partial charge is 0.187 e. The van der Waals surface area contributed by atoms with E-state index in [1.165, 1.54) is 11.3 Å². The second-order valence-corrected chi connectivity index (χ2v) is 6.62. The number of piperidine rings is 1. The number of anilines is 1.